The molecular formula is C17H22N4O4S. The first kappa shape index (κ1) is 18.4. The molecule has 3 rings (SSSR count). The van der Waals surface area contributed by atoms with Crippen molar-refractivity contribution in [1.82, 2.24) is 21.1 Å². The number of nitrogens with one attached hydrogen (secondary N) is 3. The quantitative estimate of drug-likeness (QED) is 0.520. The minimum atomic E-state index is -1.18. The monoisotopic (exact) mass is 378 g/mol. The van der Waals surface area contributed by atoms with Crippen LogP contribution in [0.3, 0.4) is 0 Å². The molecule has 0 unspecified atom stereocenters. The highest BCUT2D eigenvalue weighted by Gasteiger charge is 2.49. The molecule has 0 aromatic heterocycles. The van der Waals surface area contributed by atoms with E-state index in [1.165, 1.54) is 0 Å². The zero-order valence-electron chi connectivity index (χ0n) is 14.7. The Kier molecular flexibility index (Phi) is 5.28. The Balaban J connectivity index is 1.64. The summed E-state index contributed by atoms with van der Waals surface area (Å²) in [6.45, 7) is 2.94. The molecule has 2 saturated heterocycles. The van der Waals surface area contributed by atoms with Crippen LogP contribution in [0.15, 0.2) is 24.3 Å². The van der Waals surface area contributed by atoms with Crippen molar-refractivity contribution in [1.29, 1.82) is 0 Å². The van der Waals surface area contributed by atoms with Gasteiger partial charge in [-0.05, 0) is 49.7 Å². The van der Waals surface area contributed by atoms with E-state index in [9.17, 15) is 9.59 Å². The normalized spacial score (nSPS) is 25.2. The molecule has 0 spiro atoms. The second-order valence-electron chi connectivity index (χ2n) is 6.38. The van der Waals surface area contributed by atoms with E-state index in [-0.39, 0.29) is 11.2 Å². The van der Waals surface area contributed by atoms with Crippen LogP contribution in [0, 0.1) is 0 Å². The lowest BCUT2D eigenvalue weighted by Crippen LogP contribution is -2.52. The third-order valence-corrected chi connectivity index (χ3v) is 4.82. The van der Waals surface area contributed by atoms with Crippen molar-refractivity contribution in [2.45, 2.75) is 31.4 Å². The molecule has 3 N–H and O–H groups in total. The summed E-state index contributed by atoms with van der Waals surface area (Å²) in [6, 6.07) is 6.41. The molecule has 3 amide bonds. The summed E-state index contributed by atoms with van der Waals surface area (Å²) in [4.78, 5) is 25.1. The van der Waals surface area contributed by atoms with Crippen molar-refractivity contribution < 1.29 is 19.1 Å². The highest BCUT2D eigenvalue weighted by Crippen LogP contribution is 2.29. The summed E-state index contributed by atoms with van der Waals surface area (Å²) in [5.74, 6) is 0.234. The maximum atomic E-state index is 12.8. The first-order valence-electron chi connectivity index (χ1n) is 8.41. The number of methoxy groups -OCH3 is 1. The van der Waals surface area contributed by atoms with Crippen molar-refractivity contribution in [2.24, 2.45) is 0 Å². The summed E-state index contributed by atoms with van der Waals surface area (Å²) < 4.78 is 10.6. The molecular weight excluding hydrogens is 356 g/mol. The van der Waals surface area contributed by atoms with E-state index in [1.807, 2.05) is 0 Å². The Morgan fingerprint density at radius 3 is 2.77 bits per heavy atom. The largest absolute Gasteiger partial charge is 0.497 e. The molecule has 26 heavy (non-hydrogen) atoms. The van der Waals surface area contributed by atoms with Crippen molar-refractivity contribution in [3.63, 3.8) is 0 Å². The van der Waals surface area contributed by atoms with Crippen molar-refractivity contribution in [2.75, 3.05) is 20.3 Å². The summed E-state index contributed by atoms with van der Waals surface area (Å²) in [5.41, 5.74) is 2.13. The second kappa shape index (κ2) is 7.46. The Morgan fingerprint density at radius 1 is 1.42 bits per heavy atom. The Hall–Kier alpha value is -2.39. The number of carbonyl (C=O) groups is 2. The summed E-state index contributed by atoms with van der Waals surface area (Å²) in [6.07, 6.45) is 2.09. The van der Waals surface area contributed by atoms with E-state index in [1.54, 1.807) is 38.3 Å². The molecule has 2 atom stereocenters. The first-order valence-corrected chi connectivity index (χ1v) is 8.82. The summed E-state index contributed by atoms with van der Waals surface area (Å²) >= 11 is 5.19. The van der Waals surface area contributed by atoms with Gasteiger partial charge in [0.2, 0.25) is 0 Å². The zero-order valence-corrected chi connectivity index (χ0v) is 15.5. The van der Waals surface area contributed by atoms with Gasteiger partial charge in [-0.3, -0.25) is 10.2 Å². The fourth-order valence-electron chi connectivity index (χ4n) is 3.01. The molecule has 0 aliphatic carbocycles. The standard InChI is InChI=1S/C17H22N4O4S/c1-17(11-5-7-12(24-2)8-6-11)14(22)21(16(23)19-17)20-15(26)18-10-13-4-3-9-25-13/h5-8,13H,3-4,9-10H2,1-2H3,(H,19,23)(H2,18,20,26)/t13-,17+/m0/s1. The minimum absolute atomic E-state index is 0.0995. The van der Waals surface area contributed by atoms with Crippen LogP contribution >= 0.6 is 12.2 Å². The minimum Gasteiger partial charge on any atom is -0.497 e. The van der Waals surface area contributed by atoms with Crippen LogP contribution in [-0.2, 0) is 15.1 Å². The fourth-order valence-corrected chi connectivity index (χ4v) is 3.19. The van der Waals surface area contributed by atoms with Gasteiger partial charge in [-0.25, -0.2) is 4.79 Å². The van der Waals surface area contributed by atoms with Crippen LogP contribution < -0.4 is 20.8 Å². The molecule has 0 radical (unpaired) electrons. The number of ether oxygens (including phenoxy) is 2. The van der Waals surface area contributed by atoms with E-state index in [2.05, 4.69) is 16.1 Å². The lowest BCUT2D eigenvalue weighted by atomic mass is 9.92. The Morgan fingerprint density at radius 2 is 2.15 bits per heavy atom. The summed E-state index contributed by atoms with van der Waals surface area (Å²) in [7, 11) is 1.56. The SMILES string of the molecule is COc1ccc([C@@]2(C)NC(=O)N(NC(=S)NC[C@@H]3CCCO3)C2=O)cc1. The molecule has 0 saturated carbocycles. The number of nitrogens with zero attached hydrogens (tertiary/aromatic N) is 1. The second-order valence-corrected chi connectivity index (χ2v) is 6.79. The van der Waals surface area contributed by atoms with Crippen molar-refractivity contribution >= 4 is 29.3 Å². The smallest absolute Gasteiger partial charge is 0.344 e. The predicted molar refractivity (Wildman–Crippen MR) is 98.4 cm³/mol. The van der Waals surface area contributed by atoms with Crippen LogP contribution in [0.4, 0.5) is 4.79 Å². The van der Waals surface area contributed by atoms with Crippen LogP contribution in [0.5, 0.6) is 5.75 Å². The van der Waals surface area contributed by atoms with Gasteiger partial charge in [-0.2, -0.15) is 5.01 Å². The number of urea groups is 1. The van der Waals surface area contributed by atoms with Gasteiger partial charge in [0, 0.05) is 13.2 Å². The third kappa shape index (κ3) is 3.58. The number of hydrogen-bond acceptors (Lipinski definition) is 5. The average Bonchev–Trinajstić information content (AvgIpc) is 3.23. The first-order chi connectivity index (χ1) is 12.4. The van der Waals surface area contributed by atoms with Gasteiger partial charge in [0.25, 0.3) is 5.91 Å². The number of hydrazine groups is 1. The highest BCUT2D eigenvalue weighted by atomic mass is 32.1. The molecule has 8 nitrogen and oxygen atoms in total. The van der Waals surface area contributed by atoms with Gasteiger partial charge < -0.3 is 20.1 Å². The summed E-state index contributed by atoms with van der Waals surface area (Å²) in [5, 5.41) is 6.78. The van der Waals surface area contributed by atoms with Crippen LogP contribution in [0.25, 0.3) is 0 Å². The maximum absolute atomic E-state index is 12.8. The molecule has 1 aromatic rings. The maximum Gasteiger partial charge on any atom is 0.344 e. The number of carbonyl (C=O) groups excluding carboxylic acids is 2. The number of imide groups is 1. The van der Waals surface area contributed by atoms with Crippen LogP contribution in [-0.4, -0.2) is 48.4 Å². The van der Waals surface area contributed by atoms with Gasteiger partial charge in [-0.15, -0.1) is 0 Å². The van der Waals surface area contributed by atoms with Crippen LogP contribution in [0.2, 0.25) is 0 Å². The van der Waals surface area contributed by atoms with E-state index in [0.29, 0.717) is 17.9 Å². The molecule has 2 aliphatic rings. The third-order valence-electron chi connectivity index (χ3n) is 4.59. The van der Waals surface area contributed by atoms with Gasteiger partial charge in [0.05, 0.1) is 13.2 Å². The van der Waals surface area contributed by atoms with Crippen molar-refractivity contribution in [3.8, 4) is 5.75 Å². The van der Waals surface area contributed by atoms with E-state index in [4.69, 9.17) is 21.7 Å². The van der Waals surface area contributed by atoms with E-state index < -0.39 is 17.5 Å². The fraction of sp³-hybridized carbons (Fsp3) is 0.471. The van der Waals surface area contributed by atoms with Gasteiger partial charge in [0.15, 0.2) is 5.11 Å². The van der Waals surface area contributed by atoms with Crippen molar-refractivity contribution in [3.05, 3.63) is 29.8 Å². The molecule has 1 aromatic carbocycles. The van der Waals surface area contributed by atoms with Crippen LogP contribution in [0.1, 0.15) is 25.3 Å². The molecule has 2 aliphatic heterocycles. The molecule has 9 heteroatoms. The van der Waals surface area contributed by atoms with Gasteiger partial charge in [0.1, 0.15) is 11.3 Å². The van der Waals surface area contributed by atoms with E-state index in [0.717, 1.165) is 24.5 Å². The Bertz CT molecular complexity index is 705. The molecule has 2 heterocycles. The van der Waals surface area contributed by atoms with Gasteiger partial charge in [-0.1, -0.05) is 12.1 Å². The van der Waals surface area contributed by atoms with Gasteiger partial charge >= 0.3 is 6.03 Å². The number of amides is 3. The number of thiocarbonyl (C=S) groups is 1. The average molecular weight is 378 g/mol. The molecule has 0 bridgehead atoms. The lowest BCUT2D eigenvalue weighted by molar-refractivity contribution is -0.132. The number of rotatable bonds is 5. The molecule has 2 fully saturated rings. The Labute approximate surface area is 157 Å². The molecule has 140 valence electrons. The van der Waals surface area contributed by atoms with E-state index >= 15 is 0 Å². The number of hydrogen-bond donors (Lipinski definition) is 3. The predicted octanol–water partition coefficient (Wildman–Crippen LogP) is 1.02. The topological polar surface area (TPSA) is 91.9 Å². The number of benzene rings is 1. The lowest BCUT2D eigenvalue weighted by Gasteiger charge is -2.23. The zero-order chi connectivity index (χ0) is 18.7. The highest BCUT2D eigenvalue weighted by molar-refractivity contribution is 7.80.